The lowest BCUT2D eigenvalue weighted by molar-refractivity contribution is 1.41. The van der Waals surface area contributed by atoms with Crippen molar-refractivity contribution in [2.24, 2.45) is 0 Å². The molecular weight excluding hydrogens is 197 g/mol. The van der Waals surface area contributed by atoms with Crippen molar-refractivity contribution in [3.05, 3.63) is 24.5 Å². The van der Waals surface area contributed by atoms with Crippen LogP contribution in [0.4, 0.5) is 5.69 Å². The van der Waals surface area contributed by atoms with Crippen molar-refractivity contribution in [3.8, 4) is 0 Å². The number of hydrogen-bond acceptors (Lipinski definition) is 2. The van der Waals surface area contributed by atoms with Crippen LogP contribution in [0.3, 0.4) is 0 Å². The molecule has 12 heavy (non-hydrogen) atoms. The molecule has 2 heterocycles. The van der Waals surface area contributed by atoms with Crippen LogP contribution >= 0.6 is 24.8 Å². The number of pyridine rings is 1. The molecule has 0 aromatic carbocycles. The van der Waals surface area contributed by atoms with E-state index < -0.39 is 0 Å². The van der Waals surface area contributed by atoms with E-state index in [0.717, 1.165) is 11.0 Å². The lowest BCUT2D eigenvalue weighted by Gasteiger charge is -1.86. The minimum Gasteiger partial charge on any atom is -0.396 e. The first-order chi connectivity index (χ1) is 4.88. The molecule has 0 amide bonds. The number of anilines is 1. The van der Waals surface area contributed by atoms with E-state index in [4.69, 9.17) is 5.73 Å². The largest absolute Gasteiger partial charge is 0.396 e. The summed E-state index contributed by atoms with van der Waals surface area (Å²) in [6.07, 6.45) is 3.48. The summed E-state index contributed by atoms with van der Waals surface area (Å²) in [5, 5.41) is 0. The third kappa shape index (κ3) is 1.62. The van der Waals surface area contributed by atoms with Gasteiger partial charge in [-0.3, -0.25) is 4.98 Å². The zero-order valence-corrected chi connectivity index (χ0v) is 7.78. The van der Waals surface area contributed by atoms with Gasteiger partial charge in [0.25, 0.3) is 0 Å². The molecule has 0 unspecified atom stereocenters. The van der Waals surface area contributed by atoms with E-state index in [-0.39, 0.29) is 24.8 Å². The second-order valence-electron chi connectivity index (χ2n) is 2.14. The number of rotatable bonds is 0. The predicted octanol–water partition coefficient (Wildman–Crippen LogP) is 1.99. The topological polar surface area (TPSA) is 54.7 Å². The Bertz CT molecular complexity index is 358. The SMILES string of the molecule is Cl.Cl.Nc1c[nH]c2cccnc12. The quantitative estimate of drug-likeness (QED) is 0.692. The van der Waals surface area contributed by atoms with Gasteiger partial charge in [-0.1, -0.05) is 0 Å². The molecule has 66 valence electrons. The predicted molar refractivity (Wildman–Crippen MR) is 55.0 cm³/mol. The molecule has 3 nitrogen and oxygen atoms in total. The molecule has 2 aromatic rings. The van der Waals surface area contributed by atoms with Crippen LogP contribution in [0.5, 0.6) is 0 Å². The number of halogens is 2. The van der Waals surface area contributed by atoms with E-state index in [1.54, 1.807) is 12.4 Å². The van der Waals surface area contributed by atoms with Gasteiger partial charge < -0.3 is 10.7 Å². The summed E-state index contributed by atoms with van der Waals surface area (Å²) in [4.78, 5) is 7.08. The van der Waals surface area contributed by atoms with E-state index >= 15 is 0 Å². The van der Waals surface area contributed by atoms with Crippen LogP contribution in [0.25, 0.3) is 11.0 Å². The first-order valence-electron chi connectivity index (χ1n) is 3.05. The van der Waals surface area contributed by atoms with Crippen LogP contribution in [0, 0.1) is 0 Å². The van der Waals surface area contributed by atoms with Crippen LogP contribution in [-0.2, 0) is 0 Å². The van der Waals surface area contributed by atoms with Gasteiger partial charge in [0.15, 0.2) is 0 Å². The molecule has 0 atom stereocenters. The number of nitrogen functional groups attached to an aromatic ring is 1. The fourth-order valence-corrected chi connectivity index (χ4v) is 0.976. The molecule has 0 aliphatic carbocycles. The van der Waals surface area contributed by atoms with Crippen LogP contribution in [0.2, 0.25) is 0 Å². The molecule has 0 aliphatic heterocycles. The van der Waals surface area contributed by atoms with Crippen LogP contribution in [-0.4, -0.2) is 9.97 Å². The summed E-state index contributed by atoms with van der Waals surface area (Å²) in [6.45, 7) is 0. The number of nitrogens with zero attached hydrogens (tertiary/aromatic N) is 1. The lowest BCUT2D eigenvalue weighted by Crippen LogP contribution is -1.81. The smallest absolute Gasteiger partial charge is 0.111 e. The first-order valence-corrected chi connectivity index (χ1v) is 3.05. The number of nitrogens with one attached hydrogen (secondary N) is 1. The third-order valence-corrected chi connectivity index (χ3v) is 1.46. The van der Waals surface area contributed by atoms with Crippen molar-refractivity contribution >= 4 is 41.5 Å². The molecule has 3 N–H and O–H groups in total. The molecular formula is C7H9Cl2N3. The van der Waals surface area contributed by atoms with Gasteiger partial charge >= 0.3 is 0 Å². The minimum absolute atomic E-state index is 0. The van der Waals surface area contributed by atoms with Crippen LogP contribution in [0.1, 0.15) is 0 Å². The molecule has 0 radical (unpaired) electrons. The summed E-state index contributed by atoms with van der Waals surface area (Å²) in [5.74, 6) is 0. The van der Waals surface area contributed by atoms with Crippen LogP contribution < -0.4 is 5.73 Å². The lowest BCUT2D eigenvalue weighted by atomic mass is 10.4. The zero-order chi connectivity index (χ0) is 6.97. The Morgan fingerprint density at radius 3 is 2.75 bits per heavy atom. The number of fused-ring (bicyclic) bond motifs is 1. The Kier molecular flexibility index (Phi) is 3.86. The Morgan fingerprint density at radius 2 is 2.08 bits per heavy atom. The Hall–Kier alpha value is -0.930. The van der Waals surface area contributed by atoms with E-state index in [0.29, 0.717) is 5.69 Å². The van der Waals surface area contributed by atoms with Gasteiger partial charge in [0.1, 0.15) is 5.52 Å². The molecule has 0 fully saturated rings. The van der Waals surface area contributed by atoms with Crippen molar-refractivity contribution in [2.45, 2.75) is 0 Å². The van der Waals surface area contributed by atoms with Gasteiger partial charge in [-0.05, 0) is 12.1 Å². The van der Waals surface area contributed by atoms with Gasteiger partial charge in [0, 0.05) is 12.4 Å². The van der Waals surface area contributed by atoms with E-state index in [2.05, 4.69) is 9.97 Å². The fraction of sp³-hybridized carbons (Fsp3) is 0. The summed E-state index contributed by atoms with van der Waals surface area (Å²) >= 11 is 0. The molecule has 0 bridgehead atoms. The number of aromatic amines is 1. The molecule has 0 spiro atoms. The first kappa shape index (κ1) is 11.1. The molecule has 0 saturated heterocycles. The monoisotopic (exact) mass is 205 g/mol. The number of H-pyrrole nitrogens is 1. The van der Waals surface area contributed by atoms with Gasteiger partial charge in [0.2, 0.25) is 0 Å². The summed E-state index contributed by atoms with van der Waals surface area (Å²) in [5.41, 5.74) is 8.12. The van der Waals surface area contributed by atoms with Crippen molar-refractivity contribution in [2.75, 3.05) is 5.73 Å². The minimum atomic E-state index is 0. The maximum Gasteiger partial charge on any atom is 0.111 e. The molecule has 2 aromatic heterocycles. The third-order valence-electron chi connectivity index (χ3n) is 1.46. The van der Waals surface area contributed by atoms with Crippen molar-refractivity contribution < 1.29 is 0 Å². The van der Waals surface area contributed by atoms with Gasteiger partial charge in [0.05, 0.1) is 11.2 Å². The van der Waals surface area contributed by atoms with E-state index in [1.807, 2.05) is 12.1 Å². The number of nitrogens with two attached hydrogens (primary N) is 1. The molecule has 5 heteroatoms. The van der Waals surface area contributed by atoms with Crippen molar-refractivity contribution in [1.29, 1.82) is 0 Å². The maximum absolute atomic E-state index is 5.58. The normalized spacial score (nSPS) is 8.67. The highest BCUT2D eigenvalue weighted by Crippen LogP contribution is 2.15. The van der Waals surface area contributed by atoms with Crippen molar-refractivity contribution in [1.82, 2.24) is 9.97 Å². The Morgan fingerprint density at radius 1 is 1.33 bits per heavy atom. The Balaban J connectivity index is 0.000000605. The number of aromatic nitrogens is 2. The molecule has 0 saturated carbocycles. The molecule has 0 aliphatic rings. The molecule has 2 rings (SSSR count). The average molecular weight is 206 g/mol. The highest BCUT2D eigenvalue weighted by Gasteiger charge is 1.96. The second kappa shape index (κ2) is 4.18. The standard InChI is InChI=1S/C7H7N3.2ClH/c8-5-4-10-6-2-1-3-9-7(5)6;;/h1-4,10H,8H2;2*1H. The zero-order valence-electron chi connectivity index (χ0n) is 6.15. The maximum atomic E-state index is 5.58. The van der Waals surface area contributed by atoms with Gasteiger partial charge in [-0.15, -0.1) is 24.8 Å². The van der Waals surface area contributed by atoms with E-state index in [9.17, 15) is 0 Å². The summed E-state index contributed by atoms with van der Waals surface area (Å²) in [6, 6.07) is 3.82. The van der Waals surface area contributed by atoms with Crippen LogP contribution in [0.15, 0.2) is 24.5 Å². The summed E-state index contributed by atoms with van der Waals surface area (Å²) in [7, 11) is 0. The van der Waals surface area contributed by atoms with Gasteiger partial charge in [-0.2, -0.15) is 0 Å². The van der Waals surface area contributed by atoms with E-state index in [1.165, 1.54) is 0 Å². The summed E-state index contributed by atoms with van der Waals surface area (Å²) < 4.78 is 0. The Labute approximate surface area is 82.2 Å². The van der Waals surface area contributed by atoms with Gasteiger partial charge in [-0.25, -0.2) is 0 Å². The number of hydrogen-bond donors (Lipinski definition) is 2. The fourth-order valence-electron chi connectivity index (χ4n) is 0.976. The average Bonchev–Trinajstić information content (AvgIpc) is 2.34. The second-order valence-corrected chi connectivity index (χ2v) is 2.14. The van der Waals surface area contributed by atoms with Crippen molar-refractivity contribution in [3.63, 3.8) is 0 Å². The highest BCUT2D eigenvalue weighted by atomic mass is 35.5. The highest BCUT2D eigenvalue weighted by molar-refractivity contribution is 5.86.